The summed E-state index contributed by atoms with van der Waals surface area (Å²) in [6.07, 6.45) is 9.78. The molecule has 0 bridgehead atoms. The topological polar surface area (TPSA) is 29.9 Å². The number of nitrogens with one attached hydrogen (secondary N) is 1. The highest BCUT2D eigenvalue weighted by molar-refractivity contribution is 6.39. The van der Waals surface area contributed by atoms with Crippen LogP contribution in [-0.2, 0) is 0 Å². The SMILES string of the molecule is Fc1cc(Cl)c(Nc2nccn2C2CCCCC2)c(Cl)c1. The molecule has 1 heterocycles. The summed E-state index contributed by atoms with van der Waals surface area (Å²) in [5.74, 6) is 0.239. The Morgan fingerprint density at radius 2 is 1.81 bits per heavy atom. The third-order valence-electron chi connectivity index (χ3n) is 3.88. The third-order valence-corrected chi connectivity index (χ3v) is 4.48. The zero-order chi connectivity index (χ0) is 14.8. The van der Waals surface area contributed by atoms with E-state index in [1.54, 1.807) is 6.20 Å². The number of imidazole rings is 1. The minimum Gasteiger partial charge on any atom is -0.323 e. The van der Waals surface area contributed by atoms with Crippen LogP contribution in [-0.4, -0.2) is 9.55 Å². The lowest BCUT2D eigenvalue weighted by Crippen LogP contribution is -2.14. The molecule has 1 aromatic carbocycles. The van der Waals surface area contributed by atoms with Gasteiger partial charge in [-0.25, -0.2) is 9.37 Å². The normalized spacial score (nSPS) is 16.1. The van der Waals surface area contributed by atoms with Crippen molar-refractivity contribution in [1.82, 2.24) is 9.55 Å². The van der Waals surface area contributed by atoms with Gasteiger partial charge in [0.2, 0.25) is 5.95 Å². The van der Waals surface area contributed by atoms with Crippen LogP contribution in [0.1, 0.15) is 38.1 Å². The van der Waals surface area contributed by atoms with Crippen LogP contribution in [0.4, 0.5) is 16.0 Å². The van der Waals surface area contributed by atoms with Crippen molar-refractivity contribution >= 4 is 34.8 Å². The molecule has 6 heteroatoms. The first kappa shape index (κ1) is 14.7. The molecule has 21 heavy (non-hydrogen) atoms. The van der Waals surface area contributed by atoms with E-state index in [2.05, 4.69) is 14.9 Å². The van der Waals surface area contributed by atoms with Gasteiger partial charge in [0.15, 0.2) is 0 Å². The second kappa shape index (κ2) is 6.24. The zero-order valence-electron chi connectivity index (χ0n) is 11.5. The maximum Gasteiger partial charge on any atom is 0.207 e. The Bertz CT molecular complexity index is 613. The third kappa shape index (κ3) is 3.16. The Labute approximate surface area is 133 Å². The van der Waals surface area contributed by atoms with E-state index >= 15 is 0 Å². The minimum atomic E-state index is -0.453. The lowest BCUT2D eigenvalue weighted by atomic mass is 9.95. The van der Waals surface area contributed by atoms with Crippen LogP contribution < -0.4 is 5.32 Å². The minimum absolute atomic E-state index is 0.248. The average molecular weight is 328 g/mol. The number of hydrogen-bond acceptors (Lipinski definition) is 2. The van der Waals surface area contributed by atoms with Crippen molar-refractivity contribution in [3.63, 3.8) is 0 Å². The molecule has 0 saturated heterocycles. The number of anilines is 2. The first-order valence-electron chi connectivity index (χ1n) is 7.09. The molecule has 112 valence electrons. The van der Waals surface area contributed by atoms with Crippen LogP contribution in [0.3, 0.4) is 0 Å². The molecule has 0 atom stereocenters. The van der Waals surface area contributed by atoms with Crippen LogP contribution in [0.25, 0.3) is 0 Å². The molecular formula is C15H16Cl2FN3. The number of aromatic nitrogens is 2. The zero-order valence-corrected chi connectivity index (χ0v) is 13.0. The van der Waals surface area contributed by atoms with E-state index in [1.807, 2.05) is 6.20 Å². The highest BCUT2D eigenvalue weighted by Crippen LogP contribution is 2.35. The molecule has 1 saturated carbocycles. The van der Waals surface area contributed by atoms with Gasteiger partial charge < -0.3 is 9.88 Å². The summed E-state index contributed by atoms with van der Waals surface area (Å²) in [5.41, 5.74) is 0.489. The first-order valence-corrected chi connectivity index (χ1v) is 7.85. The summed E-state index contributed by atoms with van der Waals surface area (Å²) in [4.78, 5) is 4.33. The van der Waals surface area contributed by atoms with Crippen LogP contribution >= 0.6 is 23.2 Å². The van der Waals surface area contributed by atoms with Gasteiger partial charge in [0.05, 0.1) is 15.7 Å². The number of nitrogens with zero attached hydrogens (tertiary/aromatic N) is 2. The fraction of sp³-hybridized carbons (Fsp3) is 0.400. The van der Waals surface area contributed by atoms with Gasteiger partial charge >= 0.3 is 0 Å². The molecule has 1 fully saturated rings. The molecule has 1 N–H and O–H groups in total. The molecule has 1 aromatic heterocycles. The molecule has 1 aliphatic carbocycles. The van der Waals surface area contributed by atoms with E-state index in [9.17, 15) is 4.39 Å². The lowest BCUT2D eigenvalue weighted by Gasteiger charge is -2.25. The summed E-state index contributed by atoms with van der Waals surface area (Å²) in [7, 11) is 0. The summed E-state index contributed by atoms with van der Waals surface area (Å²) in [5, 5.41) is 3.63. The molecule has 0 spiro atoms. The standard InChI is InChI=1S/C15H16Cl2FN3/c16-12-8-10(18)9-13(17)14(12)20-15-19-6-7-21(15)11-4-2-1-3-5-11/h6-9,11H,1-5H2,(H,19,20). The van der Waals surface area contributed by atoms with Crippen LogP contribution in [0.5, 0.6) is 0 Å². The van der Waals surface area contributed by atoms with Gasteiger partial charge in [-0.1, -0.05) is 42.5 Å². The molecular weight excluding hydrogens is 312 g/mol. The number of benzene rings is 1. The predicted octanol–water partition coefficient (Wildman–Crippen LogP) is 5.58. The molecule has 3 rings (SSSR count). The molecule has 0 unspecified atom stereocenters. The van der Waals surface area contributed by atoms with Gasteiger partial charge in [0.1, 0.15) is 5.82 Å². The fourth-order valence-electron chi connectivity index (χ4n) is 2.84. The Morgan fingerprint density at radius 1 is 1.14 bits per heavy atom. The van der Waals surface area contributed by atoms with Crippen LogP contribution in [0.2, 0.25) is 10.0 Å². The Kier molecular flexibility index (Phi) is 4.36. The predicted molar refractivity (Wildman–Crippen MR) is 84.1 cm³/mol. The van der Waals surface area contributed by atoms with E-state index in [0.29, 0.717) is 17.7 Å². The van der Waals surface area contributed by atoms with E-state index in [1.165, 1.54) is 31.4 Å². The number of hydrogen-bond donors (Lipinski definition) is 1. The van der Waals surface area contributed by atoms with Crippen molar-refractivity contribution in [1.29, 1.82) is 0 Å². The summed E-state index contributed by atoms with van der Waals surface area (Å²) < 4.78 is 15.4. The molecule has 3 nitrogen and oxygen atoms in total. The van der Waals surface area contributed by atoms with Crippen molar-refractivity contribution in [2.24, 2.45) is 0 Å². The quantitative estimate of drug-likeness (QED) is 0.797. The maximum absolute atomic E-state index is 13.2. The lowest BCUT2D eigenvalue weighted by molar-refractivity contribution is 0.356. The van der Waals surface area contributed by atoms with Crippen LogP contribution in [0.15, 0.2) is 24.5 Å². The highest BCUT2D eigenvalue weighted by atomic mass is 35.5. The number of halogens is 3. The van der Waals surface area contributed by atoms with E-state index in [0.717, 1.165) is 12.8 Å². The van der Waals surface area contributed by atoms with Gasteiger partial charge in [-0.05, 0) is 25.0 Å². The smallest absolute Gasteiger partial charge is 0.207 e. The van der Waals surface area contributed by atoms with Gasteiger partial charge in [0.25, 0.3) is 0 Å². The van der Waals surface area contributed by atoms with Crippen molar-refractivity contribution < 1.29 is 4.39 Å². The van der Waals surface area contributed by atoms with Gasteiger partial charge in [-0.15, -0.1) is 0 Å². The van der Waals surface area contributed by atoms with Crippen molar-refractivity contribution in [2.75, 3.05) is 5.32 Å². The van der Waals surface area contributed by atoms with Gasteiger partial charge in [0, 0.05) is 18.4 Å². The molecule has 0 amide bonds. The molecule has 0 radical (unpaired) electrons. The van der Waals surface area contributed by atoms with Crippen molar-refractivity contribution in [3.05, 3.63) is 40.4 Å². The van der Waals surface area contributed by atoms with E-state index in [-0.39, 0.29) is 10.0 Å². The van der Waals surface area contributed by atoms with E-state index in [4.69, 9.17) is 23.2 Å². The Morgan fingerprint density at radius 3 is 2.48 bits per heavy atom. The van der Waals surface area contributed by atoms with Gasteiger partial charge in [-0.2, -0.15) is 0 Å². The van der Waals surface area contributed by atoms with Crippen molar-refractivity contribution in [3.8, 4) is 0 Å². The molecule has 1 aliphatic rings. The number of rotatable bonds is 3. The largest absolute Gasteiger partial charge is 0.323 e. The Hall–Kier alpha value is -1.26. The summed E-state index contributed by atoms with van der Waals surface area (Å²) in [6, 6.07) is 2.93. The second-order valence-corrected chi connectivity index (χ2v) is 6.13. The monoisotopic (exact) mass is 327 g/mol. The van der Waals surface area contributed by atoms with Gasteiger partial charge in [-0.3, -0.25) is 0 Å². The summed E-state index contributed by atoms with van der Waals surface area (Å²) >= 11 is 12.1. The average Bonchev–Trinajstić information content (AvgIpc) is 2.92. The van der Waals surface area contributed by atoms with E-state index < -0.39 is 5.82 Å². The van der Waals surface area contributed by atoms with Crippen molar-refractivity contribution in [2.45, 2.75) is 38.1 Å². The second-order valence-electron chi connectivity index (χ2n) is 5.32. The first-order chi connectivity index (χ1) is 10.1. The molecule has 2 aromatic rings. The molecule has 0 aliphatic heterocycles. The Balaban J connectivity index is 1.87. The highest BCUT2D eigenvalue weighted by Gasteiger charge is 2.19. The maximum atomic E-state index is 13.2. The summed E-state index contributed by atoms with van der Waals surface area (Å²) in [6.45, 7) is 0. The fourth-order valence-corrected chi connectivity index (χ4v) is 3.39. The van der Waals surface area contributed by atoms with Crippen LogP contribution in [0, 0.1) is 5.82 Å².